The predicted octanol–water partition coefficient (Wildman–Crippen LogP) is 1.65. The Morgan fingerprint density at radius 3 is 2.10 bits per heavy atom. The summed E-state index contributed by atoms with van der Waals surface area (Å²) in [5.74, 6) is 0. The van der Waals surface area contributed by atoms with Crippen molar-refractivity contribution < 1.29 is 8.42 Å². The zero-order valence-electron chi connectivity index (χ0n) is 11.1. The van der Waals surface area contributed by atoms with Gasteiger partial charge in [0.05, 0.1) is 22.0 Å². The molecule has 0 bridgehead atoms. The minimum Gasteiger partial charge on any atom is -0.396 e. The van der Waals surface area contributed by atoms with Crippen LogP contribution in [0.5, 0.6) is 0 Å². The second-order valence-corrected chi connectivity index (χ2v) is 7.71. The molecule has 1 saturated heterocycles. The molecule has 8 heteroatoms. The molecule has 1 heterocycles. The standard InChI is InChI=1S/C12H17Cl2N3O2S/c1-20(18,19)17-4-2-16(3-5-17)8-9-6-10(13)12(15)11(14)7-9/h6-7H,2-5,8,15H2,1H3. The number of nitrogens with two attached hydrogens (primary N) is 1. The number of anilines is 1. The molecule has 1 aliphatic rings. The molecule has 0 radical (unpaired) electrons. The average molecular weight is 338 g/mol. The van der Waals surface area contributed by atoms with Gasteiger partial charge in [-0.1, -0.05) is 23.2 Å². The van der Waals surface area contributed by atoms with Gasteiger partial charge in [0, 0.05) is 32.7 Å². The van der Waals surface area contributed by atoms with E-state index in [9.17, 15) is 8.42 Å². The van der Waals surface area contributed by atoms with E-state index in [2.05, 4.69) is 4.90 Å². The van der Waals surface area contributed by atoms with Crippen LogP contribution in [0.15, 0.2) is 12.1 Å². The second kappa shape index (κ2) is 6.07. The number of rotatable bonds is 3. The van der Waals surface area contributed by atoms with Gasteiger partial charge in [0.15, 0.2) is 0 Å². The van der Waals surface area contributed by atoms with Gasteiger partial charge in [0.1, 0.15) is 0 Å². The van der Waals surface area contributed by atoms with Crippen LogP contribution in [0.2, 0.25) is 10.0 Å². The van der Waals surface area contributed by atoms with E-state index in [-0.39, 0.29) is 0 Å². The Morgan fingerprint density at radius 2 is 1.65 bits per heavy atom. The number of nitrogens with zero attached hydrogens (tertiary/aromatic N) is 2. The third kappa shape index (κ3) is 3.77. The Kier molecular flexibility index (Phi) is 4.81. The minimum absolute atomic E-state index is 0.388. The highest BCUT2D eigenvalue weighted by Gasteiger charge is 2.23. The van der Waals surface area contributed by atoms with Gasteiger partial charge in [0.2, 0.25) is 10.0 Å². The Morgan fingerprint density at radius 1 is 1.15 bits per heavy atom. The fourth-order valence-corrected chi connectivity index (χ4v) is 3.56. The Balaban J connectivity index is 2.00. The van der Waals surface area contributed by atoms with E-state index in [0.717, 1.165) is 5.56 Å². The van der Waals surface area contributed by atoms with Crippen LogP contribution in [0, 0.1) is 0 Å². The first kappa shape index (κ1) is 15.9. The zero-order valence-corrected chi connectivity index (χ0v) is 13.5. The number of hydrogen-bond donors (Lipinski definition) is 1. The number of hydrogen-bond acceptors (Lipinski definition) is 4. The maximum atomic E-state index is 11.4. The van der Waals surface area contributed by atoms with E-state index in [4.69, 9.17) is 28.9 Å². The first-order valence-electron chi connectivity index (χ1n) is 6.18. The van der Waals surface area contributed by atoms with Crippen LogP contribution in [-0.2, 0) is 16.6 Å². The van der Waals surface area contributed by atoms with Gasteiger partial charge in [-0.15, -0.1) is 0 Å². The first-order chi connectivity index (χ1) is 9.27. The summed E-state index contributed by atoms with van der Waals surface area (Å²) in [4.78, 5) is 2.17. The molecule has 0 aliphatic carbocycles. The molecule has 1 fully saturated rings. The topological polar surface area (TPSA) is 66.6 Å². The highest BCUT2D eigenvalue weighted by molar-refractivity contribution is 7.88. The van der Waals surface area contributed by atoms with Crippen molar-refractivity contribution in [3.63, 3.8) is 0 Å². The largest absolute Gasteiger partial charge is 0.396 e. The summed E-state index contributed by atoms with van der Waals surface area (Å²) in [6, 6.07) is 3.59. The lowest BCUT2D eigenvalue weighted by Crippen LogP contribution is -2.47. The van der Waals surface area contributed by atoms with Crippen molar-refractivity contribution in [2.45, 2.75) is 6.54 Å². The number of benzene rings is 1. The highest BCUT2D eigenvalue weighted by atomic mass is 35.5. The fraction of sp³-hybridized carbons (Fsp3) is 0.500. The van der Waals surface area contributed by atoms with Gasteiger partial charge in [-0.3, -0.25) is 4.90 Å². The number of sulfonamides is 1. The van der Waals surface area contributed by atoms with Crippen LogP contribution in [0.3, 0.4) is 0 Å². The predicted molar refractivity (Wildman–Crippen MR) is 82.6 cm³/mol. The molecule has 1 aromatic rings. The second-order valence-electron chi connectivity index (χ2n) is 4.91. The lowest BCUT2D eigenvalue weighted by atomic mass is 10.2. The lowest BCUT2D eigenvalue weighted by Gasteiger charge is -2.33. The maximum absolute atomic E-state index is 11.4. The SMILES string of the molecule is CS(=O)(=O)N1CCN(Cc2cc(Cl)c(N)c(Cl)c2)CC1. The molecular formula is C12H17Cl2N3O2S. The van der Waals surface area contributed by atoms with Gasteiger partial charge in [-0.25, -0.2) is 8.42 Å². The van der Waals surface area contributed by atoms with Crippen LogP contribution in [-0.4, -0.2) is 50.1 Å². The van der Waals surface area contributed by atoms with Crippen molar-refractivity contribution in [2.75, 3.05) is 38.2 Å². The van der Waals surface area contributed by atoms with Crippen molar-refractivity contribution in [1.29, 1.82) is 0 Å². The van der Waals surface area contributed by atoms with Crippen molar-refractivity contribution in [3.05, 3.63) is 27.7 Å². The van der Waals surface area contributed by atoms with Crippen LogP contribution < -0.4 is 5.73 Å². The third-order valence-electron chi connectivity index (χ3n) is 3.35. The highest BCUT2D eigenvalue weighted by Crippen LogP contribution is 2.29. The molecule has 2 rings (SSSR count). The molecule has 5 nitrogen and oxygen atoms in total. The summed E-state index contributed by atoms with van der Waals surface area (Å²) in [7, 11) is -3.09. The van der Waals surface area contributed by atoms with E-state index in [0.29, 0.717) is 48.5 Å². The minimum atomic E-state index is -3.09. The molecular weight excluding hydrogens is 321 g/mol. The molecule has 0 atom stereocenters. The summed E-state index contributed by atoms with van der Waals surface area (Å²) in [5.41, 5.74) is 7.06. The van der Waals surface area contributed by atoms with Gasteiger partial charge in [0.25, 0.3) is 0 Å². The van der Waals surface area contributed by atoms with E-state index in [1.807, 2.05) is 0 Å². The lowest BCUT2D eigenvalue weighted by molar-refractivity contribution is 0.182. The summed E-state index contributed by atoms with van der Waals surface area (Å²) >= 11 is 12.0. The molecule has 112 valence electrons. The molecule has 0 unspecified atom stereocenters. The van der Waals surface area contributed by atoms with Gasteiger partial charge >= 0.3 is 0 Å². The Labute approximate surface area is 129 Å². The molecule has 20 heavy (non-hydrogen) atoms. The smallest absolute Gasteiger partial charge is 0.211 e. The Bertz CT molecular complexity index is 576. The van der Waals surface area contributed by atoms with Gasteiger partial charge in [-0.2, -0.15) is 4.31 Å². The van der Waals surface area contributed by atoms with E-state index in [1.165, 1.54) is 10.6 Å². The van der Waals surface area contributed by atoms with Gasteiger partial charge < -0.3 is 5.73 Å². The first-order valence-corrected chi connectivity index (χ1v) is 8.78. The van der Waals surface area contributed by atoms with Crippen molar-refractivity contribution in [2.24, 2.45) is 0 Å². The van der Waals surface area contributed by atoms with Crippen molar-refractivity contribution in [3.8, 4) is 0 Å². The average Bonchev–Trinajstić information content (AvgIpc) is 2.35. The maximum Gasteiger partial charge on any atom is 0.211 e. The van der Waals surface area contributed by atoms with E-state index in [1.54, 1.807) is 12.1 Å². The monoisotopic (exact) mass is 337 g/mol. The summed E-state index contributed by atoms with van der Waals surface area (Å²) in [5, 5.41) is 0.893. The van der Waals surface area contributed by atoms with Crippen LogP contribution in [0.25, 0.3) is 0 Å². The molecule has 2 N–H and O–H groups in total. The molecule has 0 saturated carbocycles. The third-order valence-corrected chi connectivity index (χ3v) is 5.27. The Hall–Kier alpha value is -0.530. The van der Waals surface area contributed by atoms with Gasteiger partial charge in [-0.05, 0) is 17.7 Å². The van der Waals surface area contributed by atoms with E-state index >= 15 is 0 Å². The molecule has 0 aromatic heterocycles. The number of halogens is 2. The quantitative estimate of drug-likeness (QED) is 0.851. The summed E-state index contributed by atoms with van der Waals surface area (Å²) in [6.07, 6.45) is 1.24. The number of piperazine rings is 1. The van der Waals surface area contributed by atoms with E-state index < -0.39 is 10.0 Å². The van der Waals surface area contributed by atoms with Crippen LogP contribution >= 0.6 is 23.2 Å². The normalized spacial score (nSPS) is 18.4. The summed E-state index contributed by atoms with van der Waals surface area (Å²) < 4.78 is 24.4. The van der Waals surface area contributed by atoms with Crippen LogP contribution in [0.4, 0.5) is 5.69 Å². The summed E-state index contributed by atoms with van der Waals surface area (Å²) in [6.45, 7) is 3.07. The molecule has 0 spiro atoms. The van der Waals surface area contributed by atoms with Crippen molar-refractivity contribution >= 4 is 38.9 Å². The molecule has 1 aliphatic heterocycles. The fourth-order valence-electron chi connectivity index (χ4n) is 2.21. The molecule has 0 amide bonds. The molecule has 1 aromatic carbocycles. The number of nitrogen functional groups attached to an aromatic ring is 1. The zero-order chi connectivity index (χ0) is 14.9. The van der Waals surface area contributed by atoms with Crippen molar-refractivity contribution in [1.82, 2.24) is 9.21 Å². The van der Waals surface area contributed by atoms with Crippen LogP contribution in [0.1, 0.15) is 5.56 Å².